The SMILES string of the molecule is CCO/C=C/C(=O)Nc1ccc(-n2cccn2)cc1. The van der Waals surface area contributed by atoms with E-state index in [1.54, 1.807) is 10.9 Å². The van der Waals surface area contributed by atoms with E-state index in [1.807, 2.05) is 43.5 Å². The number of benzene rings is 1. The van der Waals surface area contributed by atoms with Gasteiger partial charge in [0.25, 0.3) is 5.91 Å². The zero-order chi connectivity index (χ0) is 13.5. The molecule has 0 bridgehead atoms. The second-order valence-electron chi connectivity index (χ2n) is 3.74. The van der Waals surface area contributed by atoms with Gasteiger partial charge in [-0.05, 0) is 37.3 Å². The van der Waals surface area contributed by atoms with Crippen LogP contribution in [0.2, 0.25) is 0 Å². The molecule has 2 rings (SSSR count). The maximum absolute atomic E-state index is 11.5. The summed E-state index contributed by atoms with van der Waals surface area (Å²) >= 11 is 0. The molecule has 0 unspecified atom stereocenters. The Hall–Kier alpha value is -2.56. The van der Waals surface area contributed by atoms with Crippen LogP contribution < -0.4 is 5.32 Å². The normalized spacial score (nSPS) is 10.6. The third kappa shape index (κ3) is 3.70. The highest BCUT2D eigenvalue weighted by atomic mass is 16.5. The zero-order valence-corrected chi connectivity index (χ0v) is 10.6. The number of amides is 1. The van der Waals surface area contributed by atoms with Crippen molar-refractivity contribution in [2.45, 2.75) is 6.92 Å². The van der Waals surface area contributed by atoms with Crippen LogP contribution in [0.15, 0.2) is 55.1 Å². The smallest absolute Gasteiger partial charge is 0.251 e. The molecule has 1 aromatic heterocycles. The van der Waals surface area contributed by atoms with E-state index in [2.05, 4.69) is 10.4 Å². The van der Waals surface area contributed by atoms with Gasteiger partial charge in [-0.3, -0.25) is 4.79 Å². The molecule has 1 heterocycles. The second-order valence-corrected chi connectivity index (χ2v) is 3.74. The lowest BCUT2D eigenvalue weighted by molar-refractivity contribution is -0.112. The van der Waals surface area contributed by atoms with Crippen LogP contribution in [-0.4, -0.2) is 22.3 Å². The van der Waals surface area contributed by atoms with Crippen LogP contribution >= 0.6 is 0 Å². The van der Waals surface area contributed by atoms with Gasteiger partial charge in [0, 0.05) is 24.2 Å². The second kappa shape index (κ2) is 6.39. The highest BCUT2D eigenvalue weighted by molar-refractivity contribution is 5.99. The number of carbonyl (C=O) groups is 1. The number of aromatic nitrogens is 2. The van der Waals surface area contributed by atoms with Gasteiger partial charge < -0.3 is 10.1 Å². The molecule has 0 fully saturated rings. The average molecular weight is 257 g/mol. The van der Waals surface area contributed by atoms with Gasteiger partial charge in [-0.15, -0.1) is 0 Å². The van der Waals surface area contributed by atoms with E-state index in [1.165, 1.54) is 12.3 Å². The van der Waals surface area contributed by atoms with Crippen LogP contribution in [-0.2, 0) is 9.53 Å². The Balaban J connectivity index is 1.97. The van der Waals surface area contributed by atoms with Gasteiger partial charge in [0.15, 0.2) is 0 Å². The molecule has 0 radical (unpaired) electrons. The molecule has 0 aliphatic rings. The number of nitrogens with one attached hydrogen (secondary N) is 1. The van der Waals surface area contributed by atoms with Gasteiger partial charge in [-0.1, -0.05) is 0 Å². The summed E-state index contributed by atoms with van der Waals surface area (Å²) in [6.07, 6.45) is 6.31. The van der Waals surface area contributed by atoms with Crippen LogP contribution in [0.3, 0.4) is 0 Å². The molecule has 1 aromatic carbocycles. The number of nitrogens with zero attached hydrogens (tertiary/aromatic N) is 2. The highest BCUT2D eigenvalue weighted by Crippen LogP contribution is 2.12. The molecule has 0 atom stereocenters. The Kier molecular flexibility index (Phi) is 4.34. The molecule has 98 valence electrons. The first-order chi connectivity index (χ1) is 9.29. The van der Waals surface area contributed by atoms with E-state index in [0.717, 1.165) is 11.4 Å². The number of carbonyl (C=O) groups excluding carboxylic acids is 1. The molecule has 19 heavy (non-hydrogen) atoms. The first-order valence-corrected chi connectivity index (χ1v) is 5.99. The minimum atomic E-state index is -0.222. The maximum Gasteiger partial charge on any atom is 0.251 e. The van der Waals surface area contributed by atoms with E-state index in [0.29, 0.717) is 6.61 Å². The van der Waals surface area contributed by atoms with Crippen molar-refractivity contribution >= 4 is 11.6 Å². The standard InChI is InChI=1S/C14H15N3O2/c1-2-19-11-8-14(18)16-12-4-6-13(7-5-12)17-10-3-9-15-17/h3-11H,2H2,1H3,(H,16,18)/b11-8+. The molecule has 5 nitrogen and oxygen atoms in total. The van der Waals surface area contributed by atoms with Crippen molar-refractivity contribution < 1.29 is 9.53 Å². The molecule has 1 amide bonds. The molecule has 5 heteroatoms. The summed E-state index contributed by atoms with van der Waals surface area (Å²) in [5.74, 6) is -0.222. The van der Waals surface area contributed by atoms with Crippen molar-refractivity contribution in [2.75, 3.05) is 11.9 Å². The molecule has 0 aliphatic carbocycles. The molecule has 0 saturated heterocycles. The Labute approximate surface area is 111 Å². The first-order valence-electron chi connectivity index (χ1n) is 5.99. The number of anilines is 1. The van der Waals surface area contributed by atoms with Crippen molar-refractivity contribution in [2.24, 2.45) is 0 Å². The fraction of sp³-hybridized carbons (Fsp3) is 0.143. The Morgan fingerprint density at radius 2 is 2.21 bits per heavy atom. The lowest BCUT2D eigenvalue weighted by Gasteiger charge is -2.04. The number of hydrogen-bond acceptors (Lipinski definition) is 3. The van der Waals surface area contributed by atoms with Gasteiger partial charge >= 0.3 is 0 Å². The van der Waals surface area contributed by atoms with Crippen LogP contribution in [0.1, 0.15) is 6.92 Å². The Bertz CT molecular complexity index is 545. The summed E-state index contributed by atoms with van der Waals surface area (Å²) in [5, 5.41) is 6.87. The summed E-state index contributed by atoms with van der Waals surface area (Å²) in [6, 6.07) is 9.27. The van der Waals surface area contributed by atoms with Gasteiger partial charge in [0.2, 0.25) is 0 Å². The van der Waals surface area contributed by atoms with Crippen molar-refractivity contribution in [3.05, 3.63) is 55.1 Å². The minimum absolute atomic E-state index is 0.222. The molecular formula is C14H15N3O2. The molecule has 0 saturated carbocycles. The van der Waals surface area contributed by atoms with Gasteiger partial charge in [-0.2, -0.15) is 5.10 Å². The van der Waals surface area contributed by atoms with E-state index in [9.17, 15) is 4.79 Å². The number of rotatable bonds is 5. The largest absolute Gasteiger partial charge is 0.501 e. The summed E-state index contributed by atoms with van der Waals surface area (Å²) < 4.78 is 6.71. The highest BCUT2D eigenvalue weighted by Gasteiger charge is 1.99. The number of hydrogen-bond donors (Lipinski definition) is 1. The van der Waals surface area contributed by atoms with Gasteiger partial charge in [-0.25, -0.2) is 4.68 Å². The summed E-state index contributed by atoms with van der Waals surface area (Å²) in [5.41, 5.74) is 1.66. The third-order valence-electron chi connectivity index (χ3n) is 2.39. The fourth-order valence-electron chi connectivity index (χ4n) is 1.51. The lowest BCUT2D eigenvalue weighted by atomic mass is 10.3. The van der Waals surface area contributed by atoms with Gasteiger partial charge in [0.1, 0.15) is 0 Å². The summed E-state index contributed by atoms with van der Waals surface area (Å²) in [7, 11) is 0. The van der Waals surface area contributed by atoms with E-state index < -0.39 is 0 Å². The summed E-state index contributed by atoms with van der Waals surface area (Å²) in [6.45, 7) is 2.40. The van der Waals surface area contributed by atoms with Crippen molar-refractivity contribution in [1.29, 1.82) is 0 Å². The predicted octanol–water partition coefficient (Wildman–Crippen LogP) is 2.36. The van der Waals surface area contributed by atoms with Crippen LogP contribution in [0.4, 0.5) is 5.69 Å². The Morgan fingerprint density at radius 3 is 2.84 bits per heavy atom. The van der Waals surface area contributed by atoms with Crippen molar-refractivity contribution in [3.63, 3.8) is 0 Å². The number of ether oxygens (including phenoxy) is 1. The quantitative estimate of drug-likeness (QED) is 0.661. The summed E-state index contributed by atoms with van der Waals surface area (Å²) in [4.78, 5) is 11.5. The lowest BCUT2D eigenvalue weighted by Crippen LogP contribution is -2.08. The van der Waals surface area contributed by atoms with Gasteiger partial charge in [0.05, 0.1) is 18.6 Å². The molecule has 0 spiro atoms. The molecule has 0 aliphatic heterocycles. The fourth-order valence-corrected chi connectivity index (χ4v) is 1.51. The van der Waals surface area contributed by atoms with E-state index in [4.69, 9.17) is 4.74 Å². The predicted molar refractivity (Wildman–Crippen MR) is 73.0 cm³/mol. The molecular weight excluding hydrogens is 242 g/mol. The van der Waals surface area contributed by atoms with Crippen LogP contribution in [0.25, 0.3) is 5.69 Å². The molecule has 1 N–H and O–H groups in total. The van der Waals surface area contributed by atoms with E-state index >= 15 is 0 Å². The van der Waals surface area contributed by atoms with Crippen molar-refractivity contribution in [1.82, 2.24) is 9.78 Å². The topological polar surface area (TPSA) is 56.1 Å². The zero-order valence-electron chi connectivity index (χ0n) is 10.6. The monoisotopic (exact) mass is 257 g/mol. The first kappa shape index (κ1) is 12.9. The maximum atomic E-state index is 11.5. The average Bonchev–Trinajstić information content (AvgIpc) is 2.94. The van der Waals surface area contributed by atoms with Crippen LogP contribution in [0, 0.1) is 0 Å². The van der Waals surface area contributed by atoms with Crippen molar-refractivity contribution in [3.8, 4) is 5.69 Å². The van der Waals surface area contributed by atoms with Crippen LogP contribution in [0.5, 0.6) is 0 Å². The molecule has 2 aromatic rings. The van der Waals surface area contributed by atoms with E-state index in [-0.39, 0.29) is 5.91 Å². The third-order valence-corrected chi connectivity index (χ3v) is 2.39. The minimum Gasteiger partial charge on any atom is -0.501 e. The Morgan fingerprint density at radius 1 is 1.42 bits per heavy atom.